The van der Waals surface area contributed by atoms with E-state index in [1.807, 2.05) is 6.92 Å². The van der Waals surface area contributed by atoms with E-state index < -0.39 is 10.1 Å². The summed E-state index contributed by atoms with van der Waals surface area (Å²) in [6.07, 6.45) is 2.17. The van der Waals surface area contributed by atoms with Crippen LogP contribution in [0.3, 0.4) is 0 Å². The van der Waals surface area contributed by atoms with Gasteiger partial charge in [-0.1, -0.05) is 6.92 Å². The van der Waals surface area contributed by atoms with Crippen LogP contribution in [0.2, 0.25) is 0 Å². The standard InChI is InChI=1S/C7H14O4S/c1-3-6(7-5-10-7)4-11-12(2,8)9/h6-7H,3-5H2,1-2H3. The molecule has 0 amide bonds. The van der Waals surface area contributed by atoms with E-state index in [0.717, 1.165) is 19.3 Å². The van der Waals surface area contributed by atoms with Crippen LogP contribution in [0.25, 0.3) is 0 Å². The molecule has 2 atom stereocenters. The second-order valence-corrected chi connectivity index (χ2v) is 4.67. The molecule has 0 aromatic rings. The summed E-state index contributed by atoms with van der Waals surface area (Å²) in [5.41, 5.74) is 0. The van der Waals surface area contributed by atoms with E-state index in [9.17, 15) is 8.42 Å². The van der Waals surface area contributed by atoms with Crippen LogP contribution in [0.4, 0.5) is 0 Å². The fraction of sp³-hybridized carbons (Fsp3) is 1.00. The smallest absolute Gasteiger partial charge is 0.264 e. The lowest BCUT2D eigenvalue weighted by molar-refractivity contribution is 0.213. The molecular formula is C7H14O4S. The average Bonchev–Trinajstić information content (AvgIpc) is 2.70. The van der Waals surface area contributed by atoms with E-state index in [-0.39, 0.29) is 18.6 Å². The summed E-state index contributed by atoms with van der Waals surface area (Å²) in [6.45, 7) is 2.99. The molecule has 12 heavy (non-hydrogen) atoms. The topological polar surface area (TPSA) is 55.9 Å². The molecule has 0 radical (unpaired) electrons. The molecule has 1 heterocycles. The van der Waals surface area contributed by atoms with Crippen molar-refractivity contribution in [3.63, 3.8) is 0 Å². The number of hydrogen-bond donors (Lipinski definition) is 0. The zero-order valence-corrected chi connectivity index (χ0v) is 8.13. The largest absolute Gasteiger partial charge is 0.373 e. The molecule has 1 aliphatic rings. The van der Waals surface area contributed by atoms with E-state index >= 15 is 0 Å². The monoisotopic (exact) mass is 194 g/mol. The van der Waals surface area contributed by atoms with Crippen molar-refractivity contribution in [3.05, 3.63) is 0 Å². The molecular weight excluding hydrogens is 180 g/mol. The lowest BCUT2D eigenvalue weighted by Crippen LogP contribution is -2.17. The fourth-order valence-corrected chi connectivity index (χ4v) is 1.45. The van der Waals surface area contributed by atoms with Crippen molar-refractivity contribution in [2.45, 2.75) is 19.4 Å². The van der Waals surface area contributed by atoms with Crippen LogP contribution < -0.4 is 0 Å². The first-order valence-electron chi connectivity index (χ1n) is 3.99. The quantitative estimate of drug-likeness (QED) is 0.469. The van der Waals surface area contributed by atoms with E-state index in [1.54, 1.807) is 0 Å². The predicted octanol–water partition coefficient (Wildman–Crippen LogP) is 0.388. The summed E-state index contributed by atoms with van der Waals surface area (Å²) in [6, 6.07) is 0. The van der Waals surface area contributed by atoms with E-state index in [2.05, 4.69) is 4.18 Å². The van der Waals surface area contributed by atoms with E-state index in [4.69, 9.17) is 4.74 Å². The van der Waals surface area contributed by atoms with Crippen LogP contribution >= 0.6 is 0 Å². The summed E-state index contributed by atoms with van der Waals surface area (Å²) in [5.74, 6) is 0.222. The Morgan fingerprint density at radius 3 is 2.58 bits per heavy atom. The molecule has 0 aromatic heterocycles. The third-order valence-corrected chi connectivity index (χ3v) is 2.47. The summed E-state index contributed by atoms with van der Waals surface area (Å²) in [4.78, 5) is 0. The molecule has 5 heteroatoms. The minimum atomic E-state index is -3.29. The van der Waals surface area contributed by atoms with Gasteiger partial charge in [0.2, 0.25) is 0 Å². The van der Waals surface area contributed by atoms with Crippen LogP contribution in [0.1, 0.15) is 13.3 Å². The lowest BCUT2D eigenvalue weighted by atomic mass is 10.1. The first-order valence-corrected chi connectivity index (χ1v) is 5.80. The maximum Gasteiger partial charge on any atom is 0.264 e. The minimum absolute atomic E-state index is 0.219. The maximum atomic E-state index is 10.6. The molecule has 4 nitrogen and oxygen atoms in total. The molecule has 0 bridgehead atoms. The molecule has 0 spiro atoms. The van der Waals surface area contributed by atoms with Crippen molar-refractivity contribution >= 4 is 10.1 Å². The number of epoxide rings is 1. The van der Waals surface area contributed by atoms with Gasteiger partial charge in [0.05, 0.1) is 25.6 Å². The molecule has 0 aromatic carbocycles. The second-order valence-electron chi connectivity index (χ2n) is 3.03. The van der Waals surface area contributed by atoms with Gasteiger partial charge in [0.15, 0.2) is 0 Å². The van der Waals surface area contributed by atoms with Crippen LogP contribution in [0.5, 0.6) is 0 Å². The van der Waals surface area contributed by atoms with Crippen LogP contribution in [-0.4, -0.2) is 34.0 Å². The Labute approximate surface area is 73.0 Å². The van der Waals surface area contributed by atoms with Crippen molar-refractivity contribution in [1.29, 1.82) is 0 Å². The Morgan fingerprint density at radius 1 is 1.67 bits per heavy atom. The molecule has 1 fully saturated rings. The first kappa shape index (κ1) is 9.95. The van der Waals surface area contributed by atoms with Crippen molar-refractivity contribution in [3.8, 4) is 0 Å². The second kappa shape index (κ2) is 3.72. The molecule has 0 aliphatic carbocycles. The molecule has 1 aliphatic heterocycles. The summed E-state index contributed by atoms with van der Waals surface area (Å²) >= 11 is 0. The molecule has 0 N–H and O–H groups in total. The third kappa shape index (κ3) is 3.51. The SMILES string of the molecule is CCC(COS(C)(=O)=O)C1CO1. The van der Waals surface area contributed by atoms with E-state index in [1.165, 1.54) is 0 Å². The average molecular weight is 194 g/mol. The Hall–Kier alpha value is -0.130. The van der Waals surface area contributed by atoms with Gasteiger partial charge >= 0.3 is 0 Å². The Kier molecular flexibility index (Phi) is 3.09. The Bertz CT molecular complexity index is 230. The van der Waals surface area contributed by atoms with Gasteiger partial charge in [-0.25, -0.2) is 0 Å². The van der Waals surface area contributed by atoms with Gasteiger partial charge in [-0.2, -0.15) is 8.42 Å². The number of ether oxygens (including phenoxy) is 1. The third-order valence-electron chi connectivity index (χ3n) is 1.91. The van der Waals surface area contributed by atoms with Gasteiger partial charge in [-0.15, -0.1) is 0 Å². The van der Waals surface area contributed by atoms with Crippen LogP contribution in [-0.2, 0) is 19.0 Å². The first-order chi connectivity index (χ1) is 5.53. The molecule has 2 unspecified atom stereocenters. The van der Waals surface area contributed by atoms with Crippen molar-refractivity contribution in [2.75, 3.05) is 19.5 Å². The maximum absolute atomic E-state index is 10.6. The normalized spacial score (nSPS) is 25.3. The van der Waals surface area contributed by atoms with Crippen molar-refractivity contribution in [2.24, 2.45) is 5.92 Å². The molecule has 1 saturated heterocycles. The van der Waals surface area contributed by atoms with Gasteiger partial charge in [0.25, 0.3) is 10.1 Å². The van der Waals surface area contributed by atoms with Crippen LogP contribution in [0.15, 0.2) is 0 Å². The molecule has 72 valence electrons. The van der Waals surface area contributed by atoms with Gasteiger partial charge in [-0.05, 0) is 6.42 Å². The Morgan fingerprint density at radius 2 is 2.25 bits per heavy atom. The number of rotatable bonds is 5. The summed E-state index contributed by atoms with van der Waals surface area (Å²) < 4.78 is 31.0. The minimum Gasteiger partial charge on any atom is -0.373 e. The fourth-order valence-electron chi connectivity index (χ4n) is 1.03. The zero-order valence-electron chi connectivity index (χ0n) is 7.32. The molecule has 0 saturated carbocycles. The highest BCUT2D eigenvalue weighted by molar-refractivity contribution is 7.85. The highest BCUT2D eigenvalue weighted by Gasteiger charge is 2.32. The van der Waals surface area contributed by atoms with Gasteiger partial charge in [0.1, 0.15) is 0 Å². The van der Waals surface area contributed by atoms with Gasteiger partial charge in [0, 0.05) is 5.92 Å². The summed E-state index contributed by atoms with van der Waals surface area (Å²) in [5, 5.41) is 0. The van der Waals surface area contributed by atoms with Gasteiger partial charge in [-0.3, -0.25) is 4.18 Å². The van der Waals surface area contributed by atoms with Gasteiger partial charge < -0.3 is 4.74 Å². The zero-order chi connectivity index (χ0) is 9.19. The molecule has 1 rings (SSSR count). The summed E-state index contributed by atoms with van der Waals surface area (Å²) in [7, 11) is -3.29. The van der Waals surface area contributed by atoms with E-state index in [0.29, 0.717) is 0 Å². The predicted molar refractivity (Wildman–Crippen MR) is 44.3 cm³/mol. The highest BCUT2D eigenvalue weighted by Crippen LogP contribution is 2.23. The highest BCUT2D eigenvalue weighted by atomic mass is 32.2. The van der Waals surface area contributed by atoms with Crippen LogP contribution in [0, 0.1) is 5.92 Å². The van der Waals surface area contributed by atoms with Crippen molar-refractivity contribution < 1.29 is 17.3 Å². The number of hydrogen-bond acceptors (Lipinski definition) is 4. The van der Waals surface area contributed by atoms with Crippen molar-refractivity contribution in [1.82, 2.24) is 0 Å². The Balaban J connectivity index is 2.28. The lowest BCUT2D eigenvalue weighted by Gasteiger charge is -2.10.